The minimum atomic E-state index is -1.14. The number of carbonyl (C=O) groups excluding carboxylic acids is 3. The molecule has 0 saturated carbocycles. The van der Waals surface area contributed by atoms with Gasteiger partial charge in [0, 0.05) is 54.6 Å². The van der Waals surface area contributed by atoms with Gasteiger partial charge in [-0.25, -0.2) is 24.7 Å². The highest BCUT2D eigenvalue weighted by Crippen LogP contribution is 2.36. The van der Waals surface area contributed by atoms with Crippen molar-refractivity contribution in [2.45, 2.75) is 50.3 Å². The molecule has 2 saturated heterocycles. The van der Waals surface area contributed by atoms with E-state index in [-0.39, 0.29) is 23.9 Å². The molecule has 0 spiro atoms. The van der Waals surface area contributed by atoms with Crippen molar-refractivity contribution >= 4 is 17.9 Å². The molecule has 3 amide bonds. The number of nitrogens with zero attached hydrogens (tertiary/aromatic N) is 7. The van der Waals surface area contributed by atoms with Gasteiger partial charge in [0.05, 0.1) is 42.3 Å². The number of aromatic nitrogens is 7. The minimum Gasteiger partial charge on any atom is -0.431 e. The zero-order valence-electron chi connectivity index (χ0n) is 29.3. The number of H-pyrrole nitrogens is 2. The summed E-state index contributed by atoms with van der Waals surface area (Å²) in [5.74, 6) is 1.71. The van der Waals surface area contributed by atoms with Crippen LogP contribution in [0.25, 0.3) is 33.9 Å². The summed E-state index contributed by atoms with van der Waals surface area (Å²) >= 11 is 0. The number of benzene rings is 2. The van der Waals surface area contributed by atoms with E-state index >= 15 is 0 Å². The lowest BCUT2D eigenvalue weighted by atomic mass is 10.1. The van der Waals surface area contributed by atoms with E-state index in [4.69, 9.17) is 10.5 Å². The van der Waals surface area contributed by atoms with Gasteiger partial charge in [-0.15, -0.1) is 0 Å². The van der Waals surface area contributed by atoms with Gasteiger partial charge in [0.1, 0.15) is 11.6 Å². The molecule has 2 aliphatic heterocycles. The van der Waals surface area contributed by atoms with Gasteiger partial charge < -0.3 is 30.2 Å². The van der Waals surface area contributed by atoms with Crippen LogP contribution in [-0.2, 0) is 20.7 Å². The first-order valence-corrected chi connectivity index (χ1v) is 17.9. The Kier molecular flexibility index (Phi) is 9.62. The number of nitrogens with one attached hydrogen (secondary N) is 2. The first-order chi connectivity index (χ1) is 26.4. The number of hydrogen-bond acceptors (Lipinski definition) is 9. The first-order valence-electron chi connectivity index (χ1n) is 17.9. The molecule has 2 aromatic carbocycles. The average molecular weight is 723 g/mol. The number of pyridine rings is 1. The van der Waals surface area contributed by atoms with Crippen molar-refractivity contribution in [3.05, 3.63) is 127 Å². The highest BCUT2D eigenvalue weighted by molar-refractivity contribution is 5.85. The van der Waals surface area contributed by atoms with Crippen LogP contribution in [0.1, 0.15) is 66.6 Å². The molecule has 14 nitrogen and oxygen atoms in total. The van der Waals surface area contributed by atoms with E-state index in [1.807, 2.05) is 47.4 Å². The van der Waals surface area contributed by atoms with Gasteiger partial charge in [-0.3, -0.25) is 14.6 Å². The molecular formula is C40H38N10O4. The van der Waals surface area contributed by atoms with Crippen LogP contribution >= 0.6 is 0 Å². The lowest BCUT2D eigenvalue weighted by Gasteiger charge is -2.27. The normalized spacial score (nSPS) is 17.4. The number of hydrogen-bond donors (Lipinski definition) is 3. The zero-order valence-corrected chi connectivity index (χ0v) is 29.3. The fourth-order valence-electron chi connectivity index (χ4n) is 7.32. The monoisotopic (exact) mass is 722 g/mol. The number of aromatic amines is 2. The fourth-order valence-corrected chi connectivity index (χ4v) is 7.32. The number of carbonyl (C=O) groups is 3. The molecule has 2 fully saturated rings. The standard InChI is InChI=1S/C40H38N10O4/c41-40(53)54-35(27-8-2-1-3-9-27)39(52)50-18-6-11-33(50)38-45-23-30(47-38)26-12-14-28(15-13-26)36-43-21-29(22-44-36)31-24-46-37(48-31)32-10-5-17-49(32)34(51)19-25-7-4-16-42-20-25/h1-4,7-9,12-16,20-24,32-33,35H,5-6,10-11,17-19H2,(H2,41,53)(H,45,47)(H,46,48)/t32-,33-,35+/m0/s1. The number of amides is 3. The van der Waals surface area contributed by atoms with Crippen LogP contribution in [0, 0.1) is 0 Å². The van der Waals surface area contributed by atoms with E-state index < -0.39 is 12.2 Å². The maximum absolute atomic E-state index is 13.7. The summed E-state index contributed by atoms with van der Waals surface area (Å²) in [7, 11) is 0. The number of ether oxygens (including phenoxy) is 1. The Labute approximate surface area is 310 Å². The van der Waals surface area contributed by atoms with Crippen LogP contribution in [0.5, 0.6) is 0 Å². The van der Waals surface area contributed by atoms with E-state index in [2.05, 4.69) is 34.9 Å². The molecule has 0 aliphatic carbocycles. The van der Waals surface area contributed by atoms with Crippen LogP contribution < -0.4 is 5.73 Å². The predicted molar refractivity (Wildman–Crippen MR) is 198 cm³/mol. The van der Waals surface area contributed by atoms with Crippen LogP contribution in [-0.4, -0.2) is 75.7 Å². The molecule has 3 atom stereocenters. The minimum absolute atomic E-state index is 0.0635. The summed E-state index contributed by atoms with van der Waals surface area (Å²) in [5, 5.41) is 0. The Balaban J connectivity index is 0.921. The Bertz CT molecular complexity index is 2240. The summed E-state index contributed by atoms with van der Waals surface area (Å²) in [6, 6.07) is 20.1. The molecule has 0 radical (unpaired) electrons. The Hall–Kier alpha value is -6.70. The zero-order chi connectivity index (χ0) is 37.0. The maximum Gasteiger partial charge on any atom is 0.405 e. The van der Waals surface area contributed by atoms with Crippen molar-refractivity contribution in [3.8, 4) is 33.9 Å². The van der Waals surface area contributed by atoms with E-state index in [0.717, 1.165) is 58.7 Å². The van der Waals surface area contributed by atoms with Gasteiger partial charge in [0.2, 0.25) is 12.0 Å². The van der Waals surface area contributed by atoms with Gasteiger partial charge in [-0.05, 0) is 42.9 Å². The van der Waals surface area contributed by atoms with Crippen LogP contribution in [0.4, 0.5) is 4.79 Å². The number of rotatable bonds is 10. The predicted octanol–water partition coefficient (Wildman–Crippen LogP) is 5.73. The molecule has 6 heterocycles. The summed E-state index contributed by atoms with van der Waals surface area (Å²) < 4.78 is 5.28. The largest absolute Gasteiger partial charge is 0.431 e. The topological polar surface area (TPSA) is 189 Å². The molecule has 4 aromatic heterocycles. The van der Waals surface area contributed by atoms with Gasteiger partial charge in [-0.1, -0.05) is 60.7 Å². The Morgan fingerprint density at radius 3 is 2.00 bits per heavy atom. The summed E-state index contributed by atoms with van der Waals surface area (Å²) in [5.41, 5.74) is 10.9. The molecule has 8 rings (SSSR count). The third-order valence-corrected chi connectivity index (χ3v) is 9.99. The second-order valence-corrected chi connectivity index (χ2v) is 13.4. The molecule has 0 unspecified atom stereocenters. The molecule has 4 N–H and O–H groups in total. The third kappa shape index (κ3) is 7.18. The molecule has 54 heavy (non-hydrogen) atoms. The number of nitrogens with two attached hydrogens (primary N) is 1. The van der Waals surface area contributed by atoms with Gasteiger partial charge in [0.15, 0.2) is 5.82 Å². The molecule has 6 aromatic rings. The van der Waals surface area contributed by atoms with Crippen molar-refractivity contribution in [2.24, 2.45) is 5.73 Å². The van der Waals surface area contributed by atoms with E-state index in [1.165, 1.54) is 0 Å². The third-order valence-electron chi connectivity index (χ3n) is 9.99. The quantitative estimate of drug-likeness (QED) is 0.159. The van der Waals surface area contributed by atoms with E-state index in [9.17, 15) is 14.4 Å². The molecule has 0 bridgehead atoms. The molecule has 272 valence electrons. The summed E-state index contributed by atoms with van der Waals surface area (Å²) in [4.78, 5) is 71.6. The second kappa shape index (κ2) is 15.1. The molecule has 14 heteroatoms. The molecule has 2 aliphatic rings. The fraction of sp³-hybridized carbons (Fsp3) is 0.250. The van der Waals surface area contributed by atoms with Crippen molar-refractivity contribution in [2.75, 3.05) is 13.1 Å². The Morgan fingerprint density at radius 1 is 0.722 bits per heavy atom. The number of primary amides is 1. The smallest absolute Gasteiger partial charge is 0.405 e. The van der Waals surface area contributed by atoms with Gasteiger partial charge in [-0.2, -0.15) is 0 Å². The number of likely N-dealkylation sites (tertiary alicyclic amines) is 2. The van der Waals surface area contributed by atoms with Crippen LogP contribution in [0.15, 0.2) is 104 Å². The number of imidazole rings is 2. The van der Waals surface area contributed by atoms with E-state index in [1.54, 1.807) is 66.3 Å². The molecular weight excluding hydrogens is 685 g/mol. The highest BCUT2D eigenvalue weighted by Gasteiger charge is 2.38. The lowest BCUT2D eigenvalue weighted by molar-refractivity contribution is -0.141. The van der Waals surface area contributed by atoms with Crippen LogP contribution in [0.2, 0.25) is 0 Å². The first kappa shape index (κ1) is 34.4. The lowest BCUT2D eigenvalue weighted by Crippen LogP contribution is -2.37. The van der Waals surface area contributed by atoms with Crippen molar-refractivity contribution < 1.29 is 19.1 Å². The van der Waals surface area contributed by atoms with E-state index in [0.29, 0.717) is 43.1 Å². The maximum atomic E-state index is 13.7. The van der Waals surface area contributed by atoms with Crippen molar-refractivity contribution in [1.82, 2.24) is 44.7 Å². The highest BCUT2D eigenvalue weighted by atomic mass is 16.6. The van der Waals surface area contributed by atoms with Gasteiger partial charge >= 0.3 is 6.09 Å². The summed E-state index contributed by atoms with van der Waals surface area (Å²) in [6.07, 6.45) is 11.9. The SMILES string of the molecule is NC(=O)O[C@@H](C(=O)N1CCC[C@H]1c1ncc(-c2ccc(-c3ncc(-c4cnc([C@@H]5CCCN5C(=O)Cc5cccnc5)[nH]4)cn3)cc2)[nH]1)c1ccccc1. The van der Waals surface area contributed by atoms with Crippen molar-refractivity contribution in [3.63, 3.8) is 0 Å². The Morgan fingerprint density at radius 2 is 1.35 bits per heavy atom. The summed E-state index contributed by atoms with van der Waals surface area (Å²) in [6.45, 7) is 1.21. The second-order valence-electron chi connectivity index (χ2n) is 13.4. The van der Waals surface area contributed by atoms with Crippen molar-refractivity contribution in [1.29, 1.82) is 0 Å². The average Bonchev–Trinajstić information content (AvgIpc) is 4.04. The van der Waals surface area contributed by atoms with Gasteiger partial charge in [0.25, 0.3) is 5.91 Å². The van der Waals surface area contributed by atoms with Crippen LogP contribution in [0.3, 0.4) is 0 Å².